The molecular formula is C10H11FN4. The Labute approximate surface area is 86.6 Å². The van der Waals surface area contributed by atoms with Crippen molar-refractivity contribution in [3.63, 3.8) is 0 Å². The molecule has 0 amide bonds. The fourth-order valence-corrected chi connectivity index (χ4v) is 1.35. The van der Waals surface area contributed by atoms with Crippen molar-refractivity contribution in [1.29, 1.82) is 0 Å². The van der Waals surface area contributed by atoms with Gasteiger partial charge in [-0.05, 0) is 11.6 Å². The third-order valence-electron chi connectivity index (χ3n) is 2.17. The van der Waals surface area contributed by atoms with E-state index in [4.69, 9.17) is 5.73 Å². The van der Waals surface area contributed by atoms with Gasteiger partial charge in [0.05, 0.1) is 6.54 Å². The topological polar surface area (TPSA) is 56.7 Å². The van der Waals surface area contributed by atoms with Crippen LogP contribution in [-0.2, 0) is 13.1 Å². The summed E-state index contributed by atoms with van der Waals surface area (Å²) in [5.41, 5.74) is 6.81. The minimum Gasteiger partial charge on any atom is -0.326 e. The second-order valence-corrected chi connectivity index (χ2v) is 3.26. The number of nitrogens with zero attached hydrogens (tertiary/aromatic N) is 3. The third-order valence-corrected chi connectivity index (χ3v) is 2.17. The zero-order valence-corrected chi connectivity index (χ0v) is 8.10. The van der Waals surface area contributed by atoms with E-state index in [9.17, 15) is 4.39 Å². The van der Waals surface area contributed by atoms with Crippen LogP contribution >= 0.6 is 0 Å². The first-order chi connectivity index (χ1) is 7.29. The van der Waals surface area contributed by atoms with Crippen molar-refractivity contribution in [2.24, 2.45) is 5.73 Å². The molecule has 0 spiro atoms. The van der Waals surface area contributed by atoms with Crippen molar-refractivity contribution in [2.75, 3.05) is 0 Å². The number of aromatic nitrogens is 3. The van der Waals surface area contributed by atoms with Crippen LogP contribution < -0.4 is 5.73 Å². The standard InChI is InChI=1S/C10H11FN4/c11-10-3-8(4-12)1-2-9(10)5-15-6-13-14-7-15/h1-3,6-7H,4-5,12H2. The molecule has 78 valence electrons. The molecule has 2 aromatic rings. The summed E-state index contributed by atoms with van der Waals surface area (Å²) in [6.07, 6.45) is 3.10. The summed E-state index contributed by atoms with van der Waals surface area (Å²) in [4.78, 5) is 0. The minimum atomic E-state index is -0.244. The van der Waals surface area contributed by atoms with Gasteiger partial charge in [0.15, 0.2) is 0 Å². The average Bonchev–Trinajstić information content (AvgIpc) is 2.74. The Bertz CT molecular complexity index is 439. The monoisotopic (exact) mass is 206 g/mol. The quantitative estimate of drug-likeness (QED) is 0.812. The summed E-state index contributed by atoms with van der Waals surface area (Å²) in [5, 5.41) is 7.30. The van der Waals surface area contributed by atoms with Gasteiger partial charge in [-0.25, -0.2) is 4.39 Å². The van der Waals surface area contributed by atoms with E-state index >= 15 is 0 Å². The molecule has 0 radical (unpaired) electrons. The van der Waals surface area contributed by atoms with Gasteiger partial charge in [0.25, 0.3) is 0 Å². The number of rotatable bonds is 3. The lowest BCUT2D eigenvalue weighted by atomic mass is 10.1. The summed E-state index contributed by atoms with van der Waals surface area (Å²) < 4.78 is 15.2. The van der Waals surface area contributed by atoms with E-state index < -0.39 is 0 Å². The molecule has 1 aromatic carbocycles. The molecule has 15 heavy (non-hydrogen) atoms. The van der Waals surface area contributed by atoms with Gasteiger partial charge in [0, 0.05) is 12.1 Å². The van der Waals surface area contributed by atoms with Crippen molar-refractivity contribution < 1.29 is 4.39 Å². The molecule has 1 aromatic heterocycles. The minimum absolute atomic E-state index is 0.244. The summed E-state index contributed by atoms with van der Waals surface area (Å²) >= 11 is 0. The number of halogens is 1. The van der Waals surface area contributed by atoms with Gasteiger partial charge in [-0.1, -0.05) is 12.1 Å². The summed E-state index contributed by atoms with van der Waals surface area (Å²) in [6.45, 7) is 0.785. The van der Waals surface area contributed by atoms with E-state index in [0.717, 1.165) is 5.56 Å². The smallest absolute Gasteiger partial charge is 0.128 e. The average molecular weight is 206 g/mol. The van der Waals surface area contributed by atoms with Crippen LogP contribution in [0.25, 0.3) is 0 Å². The summed E-state index contributed by atoms with van der Waals surface area (Å²) in [7, 11) is 0. The Balaban J connectivity index is 2.22. The van der Waals surface area contributed by atoms with Gasteiger partial charge < -0.3 is 10.3 Å². The maximum atomic E-state index is 13.5. The number of hydrogen-bond donors (Lipinski definition) is 1. The lowest BCUT2D eigenvalue weighted by Crippen LogP contribution is -2.02. The molecule has 2 N–H and O–H groups in total. The molecular weight excluding hydrogens is 195 g/mol. The molecule has 5 heteroatoms. The fraction of sp³-hybridized carbons (Fsp3) is 0.200. The molecule has 1 heterocycles. The first-order valence-corrected chi connectivity index (χ1v) is 4.59. The summed E-state index contributed by atoms with van der Waals surface area (Å²) in [5.74, 6) is -0.244. The van der Waals surface area contributed by atoms with E-state index in [2.05, 4.69) is 10.2 Å². The van der Waals surface area contributed by atoms with Crippen molar-refractivity contribution in [1.82, 2.24) is 14.8 Å². The van der Waals surface area contributed by atoms with Gasteiger partial charge in [-0.3, -0.25) is 0 Å². The van der Waals surface area contributed by atoms with E-state index in [0.29, 0.717) is 18.7 Å². The zero-order chi connectivity index (χ0) is 10.7. The lowest BCUT2D eigenvalue weighted by Gasteiger charge is -2.05. The third kappa shape index (κ3) is 2.19. The predicted molar refractivity (Wildman–Crippen MR) is 53.4 cm³/mol. The SMILES string of the molecule is NCc1ccc(Cn2cnnc2)c(F)c1. The molecule has 0 aliphatic carbocycles. The Morgan fingerprint density at radius 2 is 2.00 bits per heavy atom. The predicted octanol–water partition coefficient (Wildman–Crippen LogP) is 0.924. The van der Waals surface area contributed by atoms with Crippen LogP contribution in [0.5, 0.6) is 0 Å². The van der Waals surface area contributed by atoms with E-state index in [1.54, 1.807) is 23.3 Å². The Morgan fingerprint density at radius 1 is 1.27 bits per heavy atom. The first kappa shape index (κ1) is 9.79. The maximum absolute atomic E-state index is 13.5. The molecule has 0 saturated carbocycles. The highest BCUT2D eigenvalue weighted by Gasteiger charge is 2.03. The van der Waals surface area contributed by atoms with Gasteiger partial charge in [-0.15, -0.1) is 10.2 Å². The Morgan fingerprint density at radius 3 is 2.60 bits per heavy atom. The lowest BCUT2D eigenvalue weighted by molar-refractivity contribution is 0.597. The zero-order valence-electron chi connectivity index (χ0n) is 8.10. The number of nitrogens with two attached hydrogens (primary N) is 1. The maximum Gasteiger partial charge on any atom is 0.128 e. The molecule has 2 rings (SSSR count). The van der Waals surface area contributed by atoms with E-state index in [-0.39, 0.29) is 5.82 Å². The molecule has 0 bridgehead atoms. The van der Waals surface area contributed by atoms with Crippen LogP contribution in [-0.4, -0.2) is 14.8 Å². The van der Waals surface area contributed by atoms with Crippen molar-refractivity contribution >= 4 is 0 Å². The fourth-order valence-electron chi connectivity index (χ4n) is 1.35. The highest BCUT2D eigenvalue weighted by Crippen LogP contribution is 2.11. The van der Waals surface area contributed by atoms with Crippen LogP contribution in [0.2, 0.25) is 0 Å². The molecule has 4 nitrogen and oxygen atoms in total. The normalized spacial score (nSPS) is 10.5. The Hall–Kier alpha value is -1.75. The number of benzene rings is 1. The largest absolute Gasteiger partial charge is 0.326 e. The Kier molecular flexibility index (Phi) is 2.73. The van der Waals surface area contributed by atoms with Gasteiger partial charge in [0.2, 0.25) is 0 Å². The highest BCUT2D eigenvalue weighted by atomic mass is 19.1. The number of hydrogen-bond acceptors (Lipinski definition) is 3. The van der Waals surface area contributed by atoms with Crippen LogP contribution in [0.1, 0.15) is 11.1 Å². The second kappa shape index (κ2) is 4.18. The van der Waals surface area contributed by atoms with Crippen LogP contribution in [0.3, 0.4) is 0 Å². The van der Waals surface area contributed by atoms with Gasteiger partial charge in [0.1, 0.15) is 18.5 Å². The van der Waals surface area contributed by atoms with Crippen molar-refractivity contribution in [3.05, 3.63) is 47.8 Å². The molecule has 0 unspecified atom stereocenters. The molecule has 0 fully saturated rings. The van der Waals surface area contributed by atoms with Crippen LogP contribution in [0.15, 0.2) is 30.9 Å². The van der Waals surface area contributed by atoms with Gasteiger partial charge >= 0.3 is 0 Å². The van der Waals surface area contributed by atoms with Crippen LogP contribution in [0.4, 0.5) is 4.39 Å². The summed E-state index contributed by atoms with van der Waals surface area (Å²) in [6, 6.07) is 5.01. The highest BCUT2D eigenvalue weighted by molar-refractivity contribution is 5.24. The van der Waals surface area contributed by atoms with Crippen molar-refractivity contribution in [2.45, 2.75) is 13.1 Å². The molecule has 0 atom stereocenters. The van der Waals surface area contributed by atoms with Gasteiger partial charge in [-0.2, -0.15) is 0 Å². The molecule has 0 aliphatic rings. The molecule has 0 saturated heterocycles. The van der Waals surface area contributed by atoms with E-state index in [1.165, 1.54) is 6.07 Å². The molecule has 0 aliphatic heterocycles. The first-order valence-electron chi connectivity index (χ1n) is 4.59. The van der Waals surface area contributed by atoms with E-state index in [1.807, 2.05) is 6.07 Å². The van der Waals surface area contributed by atoms with Crippen LogP contribution in [0, 0.1) is 5.82 Å². The van der Waals surface area contributed by atoms with Crippen molar-refractivity contribution in [3.8, 4) is 0 Å². The second-order valence-electron chi connectivity index (χ2n) is 3.26.